The van der Waals surface area contributed by atoms with Crippen LogP contribution in [0.4, 0.5) is 0 Å². The molecule has 0 aliphatic carbocycles. The molecule has 2 heterocycles. The summed E-state index contributed by atoms with van der Waals surface area (Å²) in [5, 5.41) is 0.453. The predicted molar refractivity (Wildman–Crippen MR) is 114 cm³/mol. The molecule has 1 aliphatic heterocycles. The Bertz CT molecular complexity index is 962. The molecule has 0 atom stereocenters. The third-order valence-corrected chi connectivity index (χ3v) is 7.74. The van der Waals surface area contributed by atoms with Crippen molar-refractivity contribution in [2.75, 3.05) is 26.7 Å². The standard InChI is InChI=1S/C20H23Cl2N3O3S/c1-24(11-9-17-4-2-3-10-23-17)20(26)15-7-12-25(13-8-15)29(27,28)19-14-16(21)5-6-18(19)22/h2-6,10,14-15H,7-9,11-13H2,1H3. The van der Waals surface area contributed by atoms with Gasteiger partial charge in [0.25, 0.3) is 0 Å². The quantitative estimate of drug-likeness (QED) is 0.668. The number of carbonyl (C=O) groups excluding carboxylic acids is 1. The normalized spacial score (nSPS) is 16.0. The molecule has 0 saturated carbocycles. The zero-order valence-corrected chi connectivity index (χ0v) is 18.4. The highest BCUT2D eigenvalue weighted by atomic mass is 35.5. The number of likely N-dealkylation sites (N-methyl/N-ethyl adjacent to an activating group) is 1. The molecule has 2 aromatic rings. The molecule has 156 valence electrons. The van der Waals surface area contributed by atoms with E-state index in [9.17, 15) is 13.2 Å². The number of pyridine rings is 1. The van der Waals surface area contributed by atoms with E-state index in [0.717, 1.165) is 5.69 Å². The number of hydrogen-bond donors (Lipinski definition) is 0. The van der Waals surface area contributed by atoms with E-state index in [1.165, 1.54) is 16.4 Å². The average Bonchev–Trinajstić information content (AvgIpc) is 2.74. The third kappa shape index (κ3) is 5.28. The molecule has 9 heteroatoms. The summed E-state index contributed by atoms with van der Waals surface area (Å²) in [6.45, 7) is 1.12. The first-order valence-electron chi connectivity index (χ1n) is 9.39. The van der Waals surface area contributed by atoms with Crippen molar-refractivity contribution in [1.82, 2.24) is 14.2 Å². The molecule has 0 spiro atoms. The molecular formula is C20H23Cl2N3O3S. The second-order valence-electron chi connectivity index (χ2n) is 7.08. The Hall–Kier alpha value is -1.67. The molecule has 0 N–H and O–H groups in total. The number of amides is 1. The molecule has 6 nitrogen and oxygen atoms in total. The molecule has 1 amide bonds. The van der Waals surface area contributed by atoms with E-state index in [1.807, 2.05) is 18.2 Å². The van der Waals surface area contributed by atoms with Gasteiger partial charge in [0.2, 0.25) is 15.9 Å². The van der Waals surface area contributed by atoms with Crippen LogP contribution in [0.25, 0.3) is 0 Å². The zero-order chi connectivity index (χ0) is 21.0. The topological polar surface area (TPSA) is 70.6 Å². The van der Waals surface area contributed by atoms with Gasteiger partial charge >= 0.3 is 0 Å². The van der Waals surface area contributed by atoms with Gasteiger partial charge in [0.1, 0.15) is 4.90 Å². The van der Waals surface area contributed by atoms with Crippen molar-refractivity contribution >= 4 is 39.1 Å². The van der Waals surface area contributed by atoms with Crippen molar-refractivity contribution < 1.29 is 13.2 Å². The lowest BCUT2D eigenvalue weighted by Gasteiger charge is -2.32. The first-order chi connectivity index (χ1) is 13.8. The number of sulfonamides is 1. The van der Waals surface area contributed by atoms with E-state index in [4.69, 9.17) is 23.2 Å². The minimum Gasteiger partial charge on any atom is -0.345 e. The van der Waals surface area contributed by atoms with E-state index in [-0.39, 0.29) is 34.8 Å². The van der Waals surface area contributed by atoms with Crippen LogP contribution in [0.5, 0.6) is 0 Å². The van der Waals surface area contributed by atoms with Crippen molar-refractivity contribution in [3.8, 4) is 0 Å². The van der Waals surface area contributed by atoms with E-state index in [0.29, 0.717) is 30.8 Å². The van der Waals surface area contributed by atoms with Crippen LogP contribution in [0.1, 0.15) is 18.5 Å². The molecule has 1 fully saturated rings. The lowest BCUT2D eigenvalue weighted by Crippen LogP contribution is -2.43. The molecule has 1 aromatic carbocycles. The summed E-state index contributed by atoms with van der Waals surface area (Å²) < 4.78 is 27.2. The summed E-state index contributed by atoms with van der Waals surface area (Å²) in [7, 11) is -1.97. The van der Waals surface area contributed by atoms with Gasteiger partial charge in [-0.15, -0.1) is 0 Å². The van der Waals surface area contributed by atoms with Gasteiger partial charge in [-0.05, 0) is 43.2 Å². The van der Waals surface area contributed by atoms with E-state index < -0.39 is 10.0 Å². The van der Waals surface area contributed by atoms with Crippen molar-refractivity contribution in [2.24, 2.45) is 5.92 Å². The Labute approximate surface area is 181 Å². The van der Waals surface area contributed by atoms with Gasteiger partial charge in [-0.25, -0.2) is 8.42 Å². The maximum Gasteiger partial charge on any atom is 0.244 e. The lowest BCUT2D eigenvalue weighted by atomic mass is 9.96. The van der Waals surface area contributed by atoms with Gasteiger partial charge in [-0.2, -0.15) is 4.31 Å². The first-order valence-corrected chi connectivity index (χ1v) is 11.6. The summed E-state index contributed by atoms with van der Waals surface area (Å²) >= 11 is 12.0. The second-order valence-corrected chi connectivity index (χ2v) is 9.83. The van der Waals surface area contributed by atoms with Crippen LogP contribution in [0.2, 0.25) is 10.0 Å². The summed E-state index contributed by atoms with van der Waals surface area (Å²) in [5.74, 6) is -0.149. The Morgan fingerprint density at radius 1 is 1.21 bits per heavy atom. The zero-order valence-electron chi connectivity index (χ0n) is 16.1. The van der Waals surface area contributed by atoms with Crippen LogP contribution < -0.4 is 0 Å². The van der Waals surface area contributed by atoms with Gasteiger partial charge in [0.15, 0.2) is 0 Å². The van der Waals surface area contributed by atoms with Gasteiger partial charge < -0.3 is 4.90 Å². The van der Waals surface area contributed by atoms with Crippen LogP contribution in [0, 0.1) is 5.92 Å². The number of nitrogens with zero attached hydrogens (tertiary/aromatic N) is 3. The van der Waals surface area contributed by atoms with Crippen molar-refractivity contribution in [3.63, 3.8) is 0 Å². The van der Waals surface area contributed by atoms with Gasteiger partial charge in [-0.1, -0.05) is 29.3 Å². The number of halogens is 2. The minimum atomic E-state index is -3.75. The number of hydrogen-bond acceptors (Lipinski definition) is 4. The largest absolute Gasteiger partial charge is 0.345 e. The van der Waals surface area contributed by atoms with Crippen LogP contribution in [-0.2, 0) is 21.2 Å². The summed E-state index contributed by atoms with van der Waals surface area (Å²) in [6, 6.07) is 10.1. The Balaban J connectivity index is 1.58. The van der Waals surface area contributed by atoms with Crippen molar-refractivity contribution in [1.29, 1.82) is 0 Å². The van der Waals surface area contributed by atoms with Crippen LogP contribution in [0.15, 0.2) is 47.5 Å². The van der Waals surface area contributed by atoms with Crippen LogP contribution in [0.3, 0.4) is 0 Å². The molecule has 3 rings (SSSR count). The number of carbonyl (C=O) groups is 1. The molecule has 1 aliphatic rings. The van der Waals surface area contributed by atoms with Crippen molar-refractivity contribution in [2.45, 2.75) is 24.2 Å². The molecule has 1 aromatic heterocycles. The van der Waals surface area contributed by atoms with E-state index >= 15 is 0 Å². The highest BCUT2D eigenvalue weighted by molar-refractivity contribution is 7.89. The van der Waals surface area contributed by atoms with Crippen molar-refractivity contribution in [3.05, 3.63) is 58.3 Å². The first kappa shape index (κ1) is 22.0. The van der Waals surface area contributed by atoms with Gasteiger partial charge in [-0.3, -0.25) is 9.78 Å². The highest BCUT2D eigenvalue weighted by Crippen LogP contribution is 2.30. The van der Waals surface area contributed by atoms with E-state index in [1.54, 1.807) is 24.2 Å². The third-order valence-electron chi connectivity index (χ3n) is 5.12. The Morgan fingerprint density at radius 2 is 1.93 bits per heavy atom. The fraction of sp³-hybridized carbons (Fsp3) is 0.400. The number of aromatic nitrogens is 1. The molecule has 0 unspecified atom stereocenters. The molecule has 0 radical (unpaired) electrons. The monoisotopic (exact) mass is 455 g/mol. The summed E-state index contributed by atoms with van der Waals surface area (Å²) in [4.78, 5) is 18.7. The molecule has 0 bridgehead atoms. The van der Waals surface area contributed by atoms with Gasteiger partial charge in [0, 0.05) is 55.9 Å². The maximum atomic E-state index is 12.9. The lowest BCUT2D eigenvalue weighted by molar-refractivity contribution is -0.135. The molecular weight excluding hydrogens is 433 g/mol. The summed E-state index contributed by atoms with van der Waals surface area (Å²) in [5.41, 5.74) is 0.937. The van der Waals surface area contributed by atoms with Gasteiger partial charge in [0.05, 0.1) is 5.02 Å². The number of piperidine rings is 1. The maximum absolute atomic E-state index is 12.9. The number of benzene rings is 1. The van der Waals surface area contributed by atoms with Crippen LogP contribution in [-0.4, -0.2) is 55.2 Å². The predicted octanol–water partition coefficient (Wildman–Crippen LogP) is 3.49. The van der Waals surface area contributed by atoms with E-state index in [2.05, 4.69) is 4.98 Å². The smallest absolute Gasteiger partial charge is 0.244 e. The summed E-state index contributed by atoms with van der Waals surface area (Å²) in [6.07, 6.45) is 3.37. The minimum absolute atomic E-state index is 0.00363. The number of rotatable bonds is 6. The van der Waals surface area contributed by atoms with Crippen LogP contribution >= 0.6 is 23.2 Å². The Kier molecular flexibility index (Phi) is 7.16. The SMILES string of the molecule is CN(CCc1ccccn1)C(=O)C1CCN(S(=O)(=O)c2cc(Cl)ccc2Cl)CC1. The fourth-order valence-corrected chi connectivity index (χ4v) is 5.61. The molecule has 29 heavy (non-hydrogen) atoms. The highest BCUT2D eigenvalue weighted by Gasteiger charge is 2.34. The molecule has 1 saturated heterocycles. The second kappa shape index (κ2) is 9.43. The average molecular weight is 456 g/mol. The Morgan fingerprint density at radius 3 is 2.59 bits per heavy atom. The fourth-order valence-electron chi connectivity index (χ4n) is 3.41.